The Morgan fingerprint density at radius 1 is 1.27 bits per heavy atom. The van der Waals surface area contributed by atoms with Crippen molar-refractivity contribution < 1.29 is 23.2 Å². The maximum atomic E-state index is 13.9. The Morgan fingerprint density at radius 3 is 2.36 bits per heavy atom. The average Bonchev–Trinajstić information content (AvgIpc) is 3.13. The van der Waals surface area contributed by atoms with Gasteiger partial charge in [0.25, 0.3) is 5.91 Å². The molecular weight excluding hydrogens is 461 g/mol. The summed E-state index contributed by atoms with van der Waals surface area (Å²) in [5.74, 6) is -1.72. The summed E-state index contributed by atoms with van der Waals surface area (Å²) in [6.45, 7) is 14.1. The smallest absolute Gasteiger partial charge is 0.261 e. The minimum atomic E-state index is -2.24. The van der Waals surface area contributed by atoms with Crippen LogP contribution >= 0.6 is 11.8 Å². The quantitative estimate of drug-likeness (QED) is 0.608. The highest BCUT2D eigenvalue weighted by Gasteiger charge is 2.63. The number of benzene rings is 1. The number of rotatable bonds is 6. The minimum Gasteiger partial charge on any atom is -0.412 e. The first-order chi connectivity index (χ1) is 15.1. The highest BCUT2D eigenvalue weighted by Crippen LogP contribution is 2.52. The molecule has 2 aliphatic heterocycles. The lowest BCUT2D eigenvalue weighted by atomic mass is 9.99. The molecule has 2 fully saturated rings. The first-order valence-electron chi connectivity index (χ1n) is 11.1. The average molecular weight is 496 g/mol. The first-order valence-corrected chi connectivity index (χ1v) is 15.0. The van der Waals surface area contributed by atoms with Gasteiger partial charge in [0.05, 0.1) is 12.0 Å². The molecule has 182 valence electrons. The van der Waals surface area contributed by atoms with E-state index in [1.165, 1.54) is 45.8 Å². The number of primary amides is 1. The molecule has 2 N–H and O–H groups in total. The fourth-order valence-corrected chi connectivity index (χ4v) is 7.35. The molecule has 0 radical (unpaired) electrons. The second kappa shape index (κ2) is 8.70. The van der Waals surface area contributed by atoms with E-state index >= 15 is 0 Å². The molecule has 3 unspecified atom stereocenters. The van der Waals surface area contributed by atoms with Crippen molar-refractivity contribution >= 4 is 43.5 Å². The maximum Gasteiger partial charge on any atom is 0.261 e. The topological polar surface area (TPSA) is 92.9 Å². The molecule has 0 bridgehead atoms. The number of hydrogen-bond acceptors (Lipinski definition) is 5. The number of nitrogens with two attached hydrogens (primary N) is 1. The van der Waals surface area contributed by atoms with Gasteiger partial charge in [-0.2, -0.15) is 0 Å². The number of thioether (sulfide) groups is 1. The normalized spacial score (nSPS) is 25.8. The predicted octanol–water partition coefficient (Wildman–Crippen LogP) is 3.69. The summed E-state index contributed by atoms with van der Waals surface area (Å²) in [6, 6.07) is 4.57. The van der Waals surface area contributed by atoms with Gasteiger partial charge in [0.2, 0.25) is 11.8 Å². The zero-order valence-electron chi connectivity index (χ0n) is 20.3. The number of hydrogen-bond donors (Lipinski definition) is 1. The molecule has 0 aliphatic carbocycles. The van der Waals surface area contributed by atoms with Gasteiger partial charge in [0.15, 0.2) is 13.2 Å². The van der Waals surface area contributed by atoms with Gasteiger partial charge in [0.1, 0.15) is 11.9 Å². The molecule has 7 nitrogen and oxygen atoms in total. The zero-order valence-corrected chi connectivity index (χ0v) is 22.2. The summed E-state index contributed by atoms with van der Waals surface area (Å²) in [7, 11) is -2.24. The number of amides is 3. The fraction of sp³-hybridized carbons (Fsp3) is 0.609. The van der Waals surface area contributed by atoms with Crippen LogP contribution in [0.25, 0.3) is 0 Å². The third-order valence-corrected chi connectivity index (χ3v) is 13.3. The highest BCUT2D eigenvalue weighted by atomic mass is 32.2. The van der Waals surface area contributed by atoms with Gasteiger partial charge in [0, 0.05) is 18.0 Å². The van der Waals surface area contributed by atoms with Gasteiger partial charge >= 0.3 is 0 Å². The van der Waals surface area contributed by atoms with E-state index in [0.717, 1.165) is 0 Å². The van der Waals surface area contributed by atoms with Crippen LogP contribution in [-0.2, 0) is 18.8 Å². The first kappa shape index (κ1) is 25.7. The fourth-order valence-electron chi connectivity index (χ4n) is 4.38. The lowest BCUT2D eigenvalue weighted by Crippen LogP contribution is -2.60. The molecule has 3 rings (SSSR count). The second-order valence-electron chi connectivity index (χ2n) is 10.5. The third kappa shape index (κ3) is 4.32. The van der Waals surface area contributed by atoms with Gasteiger partial charge in [-0.25, -0.2) is 4.39 Å². The number of anilines is 1. The zero-order chi connectivity index (χ0) is 24.9. The molecule has 2 aliphatic rings. The van der Waals surface area contributed by atoms with E-state index in [2.05, 4.69) is 33.9 Å². The Morgan fingerprint density at radius 2 is 1.85 bits per heavy atom. The minimum absolute atomic E-state index is 0.0831. The Labute approximate surface area is 200 Å². The van der Waals surface area contributed by atoms with Crippen molar-refractivity contribution in [2.24, 2.45) is 11.7 Å². The summed E-state index contributed by atoms with van der Waals surface area (Å²) in [4.78, 5) is 41.2. The largest absolute Gasteiger partial charge is 0.412 e. The van der Waals surface area contributed by atoms with Crippen LogP contribution in [0.15, 0.2) is 24.3 Å². The Bertz CT molecular complexity index is 952. The molecule has 0 saturated carbocycles. The van der Waals surface area contributed by atoms with Crippen LogP contribution in [-0.4, -0.2) is 53.8 Å². The Balaban J connectivity index is 1.96. The van der Waals surface area contributed by atoms with Crippen LogP contribution in [0.1, 0.15) is 41.0 Å². The molecule has 2 saturated heterocycles. The van der Waals surface area contributed by atoms with Crippen molar-refractivity contribution in [3.05, 3.63) is 30.1 Å². The Kier molecular flexibility index (Phi) is 6.78. The summed E-state index contributed by atoms with van der Waals surface area (Å²) in [5.41, 5.74) is 6.24. The van der Waals surface area contributed by atoms with Crippen molar-refractivity contribution in [2.45, 2.75) is 76.2 Å². The molecule has 1 aromatic rings. The standard InChI is InChI=1S/C23H34FN3O4SSi/c1-14-12-18(28)27(17-10-8-16(24)9-11-17)23(14)21(30)26(13-32-23)19(20(25)29)15(2)31-33(6,7)22(3,4)5/h8-11,14-15,19H,12-13H2,1-7H3,(H2,25,29)/t14?,15-,19?,23?/m1/s1. The van der Waals surface area contributed by atoms with Crippen LogP contribution in [0.4, 0.5) is 10.1 Å². The van der Waals surface area contributed by atoms with Gasteiger partial charge in [-0.1, -0.05) is 27.7 Å². The number of halogens is 1. The van der Waals surface area contributed by atoms with E-state index in [0.29, 0.717) is 5.69 Å². The summed E-state index contributed by atoms with van der Waals surface area (Å²) < 4.78 is 19.9. The molecule has 10 heteroatoms. The van der Waals surface area contributed by atoms with Crippen molar-refractivity contribution in [1.82, 2.24) is 4.90 Å². The van der Waals surface area contributed by atoms with E-state index in [1.807, 2.05) is 6.92 Å². The molecule has 1 spiro atoms. The summed E-state index contributed by atoms with van der Waals surface area (Å²) >= 11 is 1.31. The molecular formula is C23H34FN3O4SSi. The number of carbonyl (C=O) groups is 3. The summed E-state index contributed by atoms with van der Waals surface area (Å²) in [5, 5.41) is -0.0831. The van der Waals surface area contributed by atoms with Crippen LogP contribution in [0.3, 0.4) is 0 Å². The van der Waals surface area contributed by atoms with Crippen molar-refractivity contribution in [1.29, 1.82) is 0 Å². The van der Waals surface area contributed by atoms with Crippen LogP contribution < -0.4 is 10.6 Å². The van der Waals surface area contributed by atoms with Crippen LogP contribution in [0, 0.1) is 11.7 Å². The van der Waals surface area contributed by atoms with E-state index < -0.39 is 37.1 Å². The molecule has 0 aromatic heterocycles. The van der Waals surface area contributed by atoms with Crippen LogP contribution in [0.5, 0.6) is 0 Å². The SMILES string of the molecule is CC1CC(=O)N(c2ccc(F)cc2)C12SCN(C(C(N)=O)[C@@H](C)O[Si](C)(C)C(C)(C)C)C2=O. The maximum absolute atomic E-state index is 13.9. The molecule has 4 atom stereocenters. The monoisotopic (exact) mass is 495 g/mol. The Hall–Kier alpha value is -1.91. The molecule has 3 amide bonds. The lowest BCUT2D eigenvalue weighted by molar-refractivity contribution is -0.142. The second-order valence-corrected chi connectivity index (χ2v) is 16.4. The highest BCUT2D eigenvalue weighted by molar-refractivity contribution is 8.02. The van der Waals surface area contributed by atoms with Gasteiger partial charge in [-0.3, -0.25) is 19.3 Å². The van der Waals surface area contributed by atoms with Gasteiger partial charge in [-0.15, -0.1) is 11.8 Å². The lowest BCUT2D eigenvalue weighted by Gasteiger charge is -2.42. The van der Waals surface area contributed by atoms with Gasteiger partial charge < -0.3 is 15.1 Å². The molecule has 1 aromatic carbocycles. The number of carbonyl (C=O) groups excluding carboxylic acids is 3. The molecule has 33 heavy (non-hydrogen) atoms. The van der Waals surface area contributed by atoms with E-state index in [1.54, 1.807) is 6.92 Å². The predicted molar refractivity (Wildman–Crippen MR) is 130 cm³/mol. The number of nitrogens with zero attached hydrogens (tertiary/aromatic N) is 2. The summed E-state index contributed by atoms with van der Waals surface area (Å²) in [6.07, 6.45) is -0.420. The van der Waals surface area contributed by atoms with E-state index in [4.69, 9.17) is 10.2 Å². The van der Waals surface area contributed by atoms with Crippen molar-refractivity contribution in [3.8, 4) is 0 Å². The van der Waals surface area contributed by atoms with Crippen LogP contribution in [0.2, 0.25) is 18.1 Å². The van der Waals surface area contributed by atoms with E-state index in [-0.39, 0.29) is 35.1 Å². The van der Waals surface area contributed by atoms with Gasteiger partial charge in [-0.05, 0) is 49.3 Å². The third-order valence-electron chi connectivity index (χ3n) is 7.16. The van der Waals surface area contributed by atoms with Crippen molar-refractivity contribution in [3.63, 3.8) is 0 Å². The molecule has 2 heterocycles. The van der Waals surface area contributed by atoms with E-state index in [9.17, 15) is 18.8 Å². The van der Waals surface area contributed by atoms with Crippen molar-refractivity contribution in [2.75, 3.05) is 10.8 Å².